The lowest BCUT2D eigenvalue weighted by atomic mass is 9.89. The monoisotopic (exact) mass is 454 g/mol. The summed E-state index contributed by atoms with van der Waals surface area (Å²) in [5, 5.41) is 0.534. The number of hydrogen-bond donors (Lipinski definition) is 1. The molecule has 10 heteroatoms. The van der Waals surface area contributed by atoms with Gasteiger partial charge in [-0.25, -0.2) is 18.2 Å². The Kier molecular flexibility index (Phi) is 4.79. The number of ether oxygens (including phenoxy) is 1. The molecule has 1 aromatic carbocycles. The van der Waals surface area contributed by atoms with E-state index in [0.717, 1.165) is 5.56 Å². The van der Waals surface area contributed by atoms with Crippen LogP contribution in [0.1, 0.15) is 22.8 Å². The molecule has 2 aliphatic heterocycles. The van der Waals surface area contributed by atoms with Gasteiger partial charge < -0.3 is 14.6 Å². The summed E-state index contributed by atoms with van der Waals surface area (Å²) in [7, 11) is -3.74. The first-order valence-corrected chi connectivity index (χ1v) is 11.8. The van der Waals surface area contributed by atoms with E-state index in [2.05, 4.69) is 9.97 Å². The molecule has 4 heterocycles. The first-order valence-electron chi connectivity index (χ1n) is 10.3. The number of sulfonamides is 1. The standard InChI is InChI=1S/C22H22N4O5S/c1-22(13-15-5-2-3-6-16(15)20(27)31-22)21(28)25-9-11-26(12-10-25)32(29,30)18-14-24-19-17(18)7-4-8-23-19/h2-8,14H,9-13H2,1H3,(H,23,24). The molecule has 9 nitrogen and oxygen atoms in total. The lowest BCUT2D eigenvalue weighted by Crippen LogP contribution is -2.58. The van der Waals surface area contributed by atoms with Crippen LogP contribution in [0.3, 0.4) is 0 Å². The Balaban J connectivity index is 1.31. The van der Waals surface area contributed by atoms with E-state index in [1.54, 1.807) is 42.3 Å². The second-order valence-electron chi connectivity index (χ2n) is 8.20. The molecular weight excluding hydrogens is 432 g/mol. The maximum absolute atomic E-state index is 13.3. The van der Waals surface area contributed by atoms with Crippen LogP contribution in [0, 0.1) is 0 Å². The number of rotatable bonds is 3. The van der Waals surface area contributed by atoms with Crippen LogP contribution in [0.15, 0.2) is 53.7 Å². The van der Waals surface area contributed by atoms with Crippen molar-refractivity contribution < 1.29 is 22.7 Å². The average molecular weight is 455 g/mol. The van der Waals surface area contributed by atoms with Gasteiger partial charge in [0, 0.05) is 50.4 Å². The molecule has 3 aromatic rings. The van der Waals surface area contributed by atoms with Crippen LogP contribution in [0.4, 0.5) is 0 Å². The third-order valence-corrected chi connectivity index (χ3v) is 8.03. The quantitative estimate of drug-likeness (QED) is 0.601. The number of aromatic nitrogens is 2. The molecule has 2 aliphatic rings. The molecule has 166 valence electrons. The maximum Gasteiger partial charge on any atom is 0.339 e. The summed E-state index contributed by atoms with van der Waals surface area (Å²) in [6.45, 7) is 2.36. The molecule has 1 fully saturated rings. The average Bonchev–Trinajstić information content (AvgIpc) is 3.24. The second-order valence-corrected chi connectivity index (χ2v) is 10.1. The lowest BCUT2D eigenvalue weighted by molar-refractivity contribution is -0.152. The van der Waals surface area contributed by atoms with Gasteiger partial charge in [-0.3, -0.25) is 4.79 Å². The molecular formula is C22H22N4O5S. The molecule has 1 N–H and O–H groups in total. The number of nitrogens with zero attached hydrogens (tertiary/aromatic N) is 3. The van der Waals surface area contributed by atoms with Crippen molar-refractivity contribution in [3.05, 3.63) is 59.9 Å². The van der Waals surface area contributed by atoms with Crippen molar-refractivity contribution in [2.45, 2.75) is 23.8 Å². The van der Waals surface area contributed by atoms with Crippen LogP contribution in [-0.2, 0) is 26.0 Å². The molecule has 1 unspecified atom stereocenters. The molecule has 0 radical (unpaired) electrons. The third-order valence-electron chi connectivity index (χ3n) is 6.09. The van der Waals surface area contributed by atoms with Crippen molar-refractivity contribution in [2.24, 2.45) is 0 Å². The molecule has 0 aliphatic carbocycles. The minimum absolute atomic E-state index is 0.154. The van der Waals surface area contributed by atoms with Crippen LogP contribution >= 0.6 is 0 Å². The van der Waals surface area contributed by atoms with Gasteiger partial charge in [-0.2, -0.15) is 4.31 Å². The van der Waals surface area contributed by atoms with E-state index in [1.165, 1.54) is 10.5 Å². The Bertz CT molecular complexity index is 1330. The Morgan fingerprint density at radius 2 is 1.88 bits per heavy atom. The molecule has 0 spiro atoms. The SMILES string of the molecule is CC1(C(=O)N2CCN(S(=O)(=O)c3c[nH]c4ncccc34)CC2)Cc2ccccc2C(=O)O1. The number of H-pyrrole nitrogens is 1. The number of hydrogen-bond acceptors (Lipinski definition) is 6. The number of benzene rings is 1. The van der Waals surface area contributed by atoms with Gasteiger partial charge in [0.25, 0.3) is 5.91 Å². The largest absolute Gasteiger partial charge is 0.445 e. The van der Waals surface area contributed by atoms with Gasteiger partial charge in [-0.1, -0.05) is 18.2 Å². The number of esters is 1. The summed E-state index contributed by atoms with van der Waals surface area (Å²) in [5.41, 5.74) is 0.442. The van der Waals surface area contributed by atoms with Crippen LogP contribution in [0.25, 0.3) is 11.0 Å². The molecule has 2 aromatic heterocycles. The number of piperazine rings is 1. The molecule has 1 saturated heterocycles. The Labute approximate surface area is 185 Å². The van der Waals surface area contributed by atoms with Crippen LogP contribution in [-0.4, -0.2) is 71.2 Å². The number of amides is 1. The van der Waals surface area contributed by atoms with Crippen molar-refractivity contribution >= 4 is 32.9 Å². The zero-order valence-electron chi connectivity index (χ0n) is 17.4. The molecule has 0 saturated carbocycles. The molecule has 1 amide bonds. The Hall–Kier alpha value is -3.24. The highest BCUT2D eigenvalue weighted by atomic mass is 32.2. The fraction of sp³-hybridized carbons (Fsp3) is 0.318. The zero-order chi connectivity index (χ0) is 22.5. The highest BCUT2D eigenvalue weighted by Gasteiger charge is 2.46. The van der Waals surface area contributed by atoms with Crippen LogP contribution in [0.2, 0.25) is 0 Å². The highest BCUT2D eigenvalue weighted by molar-refractivity contribution is 7.89. The summed E-state index contributed by atoms with van der Waals surface area (Å²) in [6.07, 6.45) is 3.33. The van der Waals surface area contributed by atoms with E-state index >= 15 is 0 Å². The van der Waals surface area contributed by atoms with E-state index in [9.17, 15) is 18.0 Å². The van der Waals surface area contributed by atoms with Crippen molar-refractivity contribution in [3.63, 3.8) is 0 Å². The molecule has 32 heavy (non-hydrogen) atoms. The smallest absolute Gasteiger partial charge is 0.339 e. The van der Waals surface area contributed by atoms with E-state index in [1.807, 2.05) is 12.1 Å². The first-order chi connectivity index (χ1) is 15.3. The number of fused-ring (bicyclic) bond motifs is 2. The minimum atomic E-state index is -3.74. The van der Waals surface area contributed by atoms with Crippen molar-refractivity contribution in [1.29, 1.82) is 0 Å². The Morgan fingerprint density at radius 3 is 2.66 bits per heavy atom. The highest BCUT2D eigenvalue weighted by Crippen LogP contribution is 2.31. The first kappa shape index (κ1) is 20.7. The summed E-state index contributed by atoms with van der Waals surface area (Å²) in [4.78, 5) is 34.5. The van der Waals surface area contributed by atoms with E-state index in [4.69, 9.17) is 4.74 Å². The molecule has 1 atom stereocenters. The minimum Gasteiger partial charge on any atom is -0.445 e. The van der Waals surface area contributed by atoms with Gasteiger partial charge in [0.2, 0.25) is 10.0 Å². The maximum atomic E-state index is 13.3. The van der Waals surface area contributed by atoms with Crippen molar-refractivity contribution in [3.8, 4) is 0 Å². The third kappa shape index (κ3) is 3.26. The molecule has 5 rings (SSSR count). The summed E-state index contributed by atoms with van der Waals surface area (Å²) >= 11 is 0. The second kappa shape index (κ2) is 7.42. The van der Waals surface area contributed by atoms with Crippen LogP contribution in [0.5, 0.6) is 0 Å². The van der Waals surface area contributed by atoms with E-state index < -0.39 is 21.6 Å². The lowest BCUT2D eigenvalue weighted by Gasteiger charge is -2.40. The fourth-order valence-corrected chi connectivity index (χ4v) is 5.97. The van der Waals surface area contributed by atoms with Gasteiger partial charge in [0.1, 0.15) is 10.5 Å². The molecule has 0 bridgehead atoms. The van der Waals surface area contributed by atoms with Gasteiger partial charge in [-0.15, -0.1) is 0 Å². The van der Waals surface area contributed by atoms with Crippen molar-refractivity contribution in [1.82, 2.24) is 19.2 Å². The van der Waals surface area contributed by atoms with E-state index in [0.29, 0.717) is 16.6 Å². The van der Waals surface area contributed by atoms with Crippen LogP contribution < -0.4 is 0 Å². The summed E-state index contributed by atoms with van der Waals surface area (Å²) < 4.78 is 33.3. The number of carbonyl (C=O) groups is 2. The van der Waals surface area contributed by atoms with E-state index in [-0.39, 0.29) is 43.4 Å². The van der Waals surface area contributed by atoms with Gasteiger partial charge in [-0.05, 0) is 30.7 Å². The topological polar surface area (TPSA) is 113 Å². The van der Waals surface area contributed by atoms with Gasteiger partial charge >= 0.3 is 5.97 Å². The number of pyridine rings is 1. The predicted octanol–water partition coefficient (Wildman–Crippen LogP) is 1.57. The van der Waals surface area contributed by atoms with Crippen molar-refractivity contribution in [2.75, 3.05) is 26.2 Å². The summed E-state index contributed by atoms with van der Waals surface area (Å²) in [5.74, 6) is -0.828. The zero-order valence-corrected chi connectivity index (χ0v) is 18.3. The number of nitrogens with one attached hydrogen (secondary N) is 1. The normalized spacial score (nSPS) is 21.9. The fourth-order valence-electron chi connectivity index (χ4n) is 4.40. The predicted molar refractivity (Wildman–Crippen MR) is 115 cm³/mol. The number of aromatic amines is 1. The number of cyclic esters (lactones) is 1. The summed E-state index contributed by atoms with van der Waals surface area (Å²) in [6, 6.07) is 10.5. The van der Waals surface area contributed by atoms with Gasteiger partial charge in [0.05, 0.1) is 5.56 Å². The Morgan fingerprint density at radius 1 is 1.12 bits per heavy atom. The van der Waals surface area contributed by atoms with Gasteiger partial charge in [0.15, 0.2) is 5.60 Å². The number of carbonyl (C=O) groups excluding carboxylic acids is 2.